The fraction of sp³-hybridized carbons (Fsp3) is 0.300. The molecule has 0 aromatic heterocycles. The van der Waals surface area contributed by atoms with Crippen LogP contribution >= 0.6 is 0 Å². The lowest BCUT2D eigenvalue weighted by Crippen LogP contribution is -3.11. The first-order valence-electron chi connectivity index (χ1n) is 8.94. The van der Waals surface area contributed by atoms with Crippen molar-refractivity contribution in [3.63, 3.8) is 0 Å². The Morgan fingerprint density at radius 2 is 1.75 bits per heavy atom. The van der Waals surface area contributed by atoms with E-state index in [0.717, 1.165) is 24.1 Å². The third-order valence-electron chi connectivity index (χ3n) is 4.71. The van der Waals surface area contributed by atoms with Gasteiger partial charge >= 0.3 is 0 Å². The fourth-order valence-corrected chi connectivity index (χ4v) is 3.23. The van der Waals surface area contributed by atoms with Crippen LogP contribution in [0.1, 0.15) is 11.1 Å². The van der Waals surface area contributed by atoms with Gasteiger partial charge in [0.1, 0.15) is 0 Å². The molecule has 0 aliphatic carbocycles. The number of likely N-dealkylation sites (N-methyl/N-ethyl adjacent to an activating group) is 1. The maximum absolute atomic E-state index is 13.6. The normalized spacial score (nSPS) is 14.4. The molecule has 2 aromatic rings. The zero-order chi connectivity index (χ0) is 20.3. The Morgan fingerprint density at radius 3 is 2.50 bits per heavy atom. The summed E-state index contributed by atoms with van der Waals surface area (Å²) in [6.45, 7) is 1.13. The van der Waals surface area contributed by atoms with E-state index in [9.17, 15) is 22.8 Å². The van der Waals surface area contributed by atoms with Gasteiger partial charge in [-0.15, -0.1) is 0 Å². The molecule has 5 nitrogen and oxygen atoms in total. The van der Waals surface area contributed by atoms with Crippen LogP contribution in [0.3, 0.4) is 0 Å². The highest BCUT2D eigenvalue weighted by molar-refractivity contribution is 5.91. The van der Waals surface area contributed by atoms with Gasteiger partial charge in [0.05, 0.1) is 12.7 Å². The van der Waals surface area contributed by atoms with E-state index in [1.807, 2.05) is 18.2 Å². The molecule has 2 amide bonds. The molecule has 3 rings (SSSR count). The lowest BCUT2D eigenvalue weighted by Gasteiger charge is -2.29. The number of quaternary nitrogens is 1. The number of fused-ring (bicyclic) bond motifs is 1. The van der Waals surface area contributed by atoms with Gasteiger partial charge in [0.15, 0.2) is 30.5 Å². The number of amides is 2. The summed E-state index contributed by atoms with van der Waals surface area (Å²) in [5.41, 5.74) is 1.92. The minimum Gasteiger partial charge on any atom is -0.333 e. The number of nitrogens with zero attached hydrogens (tertiary/aromatic N) is 1. The first kappa shape index (κ1) is 19.9. The fourth-order valence-electron chi connectivity index (χ4n) is 3.23. The van der Waals surface area contributed by atoms with E-state index in [-0.39, 0.29) is 19.0 Å². The minimum absolute atomic E-state index is 0.0844. The van der Waals surface area contributed by atoms with Crippen LogP contribution in [0.2, 0.25) is 0 Å². The van der Waals surface area contributed by atoms with Crippen LogP contribution in [0.4, 0.5) is 18.9 Å². The second kappa shape index (κ2) is 8.43. The Bertz CT molecular complexity index is 904. The number of hydrogen-bond acceptors (Lipinski definition) is 2. The summed E-state index contributed by atoms with van der Waals surface area (Å²) in [4.78, 5) is 26.9. The third kappa shape index (κ3) is 4.51. The summed E-state index contributed by atoms with van der Waals surface area (Å²) in [6, 6.07) is 9.65. The topological polar surface area (TPSA) is 53.9 Å². The van der Waals surface area contributed by atoms with E-state index in [0.29, 0.717) is 18.0 Å². The maximum Gasteiger partial charge on any atom is 0.279 e. The van der Waals surface area contributed by atoms with Crippen LogP contribution < -0.4 is 10.2 Å². The van der Waals surface area contributed by atoms with Gasteiger partial charge in [-0.1, -0.05) is 24.3 Å². The number of hydrogen-bond donors (Lipinski definition) is 2. The number of benzene rings is 2. The quantitative estimate of drug-likeness (QED) is 0.750. The zero-order valence-electron chi connectivity index (χ0n) is 15.4. The second-order valence-electron chi connectivity index (χ2n) is 6.92. The molecule has 0 bridgehead atoms. The summed E-state index contributed by atoms with van der Waals surface area (Å²) < 4.78 is 39.8. The lowest BCUT2D eigenvalue weighted by molar-refractivity contribution is -0.862. The number of rotatable bonds is 5. The van der Waals surface area contributed by atoms with E-state index >= 15 is 0 Å². The Labute approximate surface area is 160 Å². The molecular formula is C20H21F3N3O2+. The van der Waals surface area contributed by atoms with Gasteiger partial charge in [-0.25, -0.2) is 13.2 Å². The number of anilines is 1. The predicted octanol–water partition coefficient (Wildman–Crippen LogP) is 1.14. The molecule has 0 radical (unpaired) electrons. The number of halogens is 3. The second-order valence-corrected chi connectivity index (χ2v) is 6.92. The molecule has 1 aliphatic heterocycles. The summed E-state index contributed by atoms with van der Waals surface area (Å²) in [7, 11) is 1.66. The molecule has 8 heteroatoms. The van der Waals surface area contributed by atoms with Crippen LogP contribution in [0.25, 0.3) is 0 Å². The summed E-state index contributed by atoms with van der Waals surface area (Å²) in [5, 5.41) is 2.21. The monoisotopic (exact) mass is 392 g/mol. The first-order valence-corrected chi connectivity index (χ1v) is 8.94. The molecule has 1 aliphatic rings. The predicted molar refractivity (Wildman–Crippen MR) is 97.1 cm³/mol. The van der Waals surface area contributed by atoms with E-state index < -0.39 is 29.0 Å². The van der Waals surface area contributed by atoms with Crippen molar-refractivity contribution < 1.29 is 27.7 Å². The molecule has 0 saturated heterocycles. The highest BCUT2D eigenvalue weighted by atomic mass is 19.2. The summed E-state index contributed by atoms with van der Waals surface area (Å²) in [5.74, 6) is -5.10. The third-order valence-corrected chi connectivity index (χ3v) is 4.71. The van der Waals surface area contributed by atoms with Crippen LogP contribution in [0, 0.1) is 17.5 Å². The lowest BCUT2D eigenvalue weighted by atomic mass is 10.00. The molecule has 1 unspecified atom stereocenters. The summed E-state index contributed by atoms with van der Waals surface area (Å²) in [6.07, 6.45) is 0.789. The van der Waals surface area contributed by atoms with E-state index in [2.05, 4.69) is 11.4 Å². The Hall–Kier alpha value is -2.87. The average Bonchev–Trinajstić information content (AvgIpc) is 2.67. The molecule has 1 atom stereocenters. The van der Waals surface area contributed by atoms with Gasteiger partial charge < -0.3 is 15.1 Å². The standard InChI is InChI=1S/C20H20F3N3O2/c1-25(11-17(27)24-16-7-6-15(21)19(22)20(16)23)12-18(28)26-9-8-13-4-2-3-5-14(13)10-26/h2-7H,8-12H2,1H3,(H,24,27)/p+1. The van der Waals surface area contributed by atoms with Crippen molar-refractivity contribution in [1.29, 1.82) is 0 Å². The van der Waals surface area contributed by atoms with E-state index in [4.69, 9.17) is 0 Å². The Morgan fingerprint density at radius 1 is 1.04 bits per heavy atom. The molecule has 0 fully saturated rings. The number of carbonyl (C=O) groups excluding carboxylic acids is 2. The molecule has 2 aromatic carbocycles. The van der Waals surface area contributed by atoms with Crippen molar-refractivity contribution in [3.8, 4) is 0 Å². The highest BCUT2D eigenvalue weighted by Crippen LogP contribution is 2.19. The van der Waals surface area contributed by atoms with Crippen molar-refractivity contribution in [2.45, 2.75) is 13.0 Å². The zero-order valence-corrected chi connectivity index (χ0v) is 15.4. The van der Waals surface area contributed by atoms with Crippen molar-refractivity contribution in [2.75, 3.05) is 32.0 Å². The summed E-state index contributed by atoms with van der Waals surface area (Å²) >= 11 is 0. The van der Waals surface area contributed by atoms with Gasteiger partial charge in [0.2, 0.25) is 0 Å². The molecule has 28 heavy (non-hydrogen) atoms. The SMILES string of the molecule is C[NH+](CC(=O)Nc1ccc(F)c(F)c1F)CC(=O)N1CCc2ccccc2C1. The molecule has 0 saturated carbocycles. The van der Waals surface area contributed by atoms with Crippen LogP contribution in [-0.2, 0) is 22.6 Å². The average molecular weight is 392 g/mol. The molecule has 2 N–H and O–H groups in total. The smallest absolute Gasteiger partial charge is 0.279 e. The minimum atomic E-state index is -1.64. The van der Waals surface area contributed by atoms with Gasteiger partial charge in [-0.05, 0) is 29.7 Å². The number of nitrogens with one attached hydrogen (secondary N) is 2. The van der Waals surface area contributed by atoms with Crippen molar-refractivity contribution in [1.82, 2.24) is 4.90 Å². The van der Waals surface area contributed by atoms with Crippen molar-refractivity contribution >= 4 is 17.5 Å². The van der Waals surface area contributed by atoms with Gasteiger partial charge in [-0.3, -0.25) is 9.59 Å². The maximum atomic E-state index is 13.6. The van der Waals surface area contributed by atoms with Gasteiger partial charge in [-0.2, -0.15) is 0 Å². The van der Waals surface area contributed by atoms with Crippen LogP contribution in [0.5, 0.6) is 0 Å². The van der Waals surface area contributed by atoms with E-state index in [1.165, 1.54) is 5.56 Å². The van der Waals surface area contributed by atoms with Crippen LogP contribution in [-0.4, -0.2) is 43.4 Å². The van der Waals surface area contributed by atoms with Crippen molar-refractivity contribution in [2.24, 2.45) is 0 Å². The van der Waals surface area contributed by atoms with Crippen molar-refractivity contribution in [3.05, 3.63) is 65.0 Å². The Balaban J connectivity index is 1.52. The van der Waals surface area contributed by atoms with Crippen LogP contribution in [0.15, 0.2) is 36.4 Å². The van der Waals surface area contributed by atoms with Gasteiger partial charge in [0.25, 0.3) is 11.8 Å². The molecule has 0 spiro atoms. The Kier molecular flexibility index (Phi) is 5.99. The molecular weight excluding hydrogens is 371 g/mol. The number of carbonyl (C=O) groups is 2. The molecule has 148 valence electrons. The first-order chi connectivity index (χ1) is 13.3. The van der Waals surface area contributed by atoms with Gasteiger partial charge in [0, 0.05) is 13.1 Å². The van der Waals surface area contributed by atoms with E-state index in [1.54, 1.807) is 11.9 Å². The largest absolute Gasteiger partial charge is 0.333 e. The molecule has 1 heterocycles. The highest BCUT2D eigenvalue weighted by Gasteiger charge is 2.24.